The molecule has 2 rings (SSSR count). The summed E-state index contributed by atoms with van der Waals surface area (Å²) in [6.45, 7) is 6.33. The van der Waals surface area contributed by atoms with Crippen LogP contribution >= 0.6 is 0 Å². The molecule has 3 heteroatoms. The maximum Gasteiger partial charge on any atom is 0.357 e. The molecular formula is C23H31NO2. The number of aryl methyl sites for hydroxylation is 2. The number of hydrogen-bond donors (Lipinski definition) is 0. The SMILES string of the molecule is CCCCCCc1ccc(C(CC)OC(=O)c2ccc(CC)cn2)cc1. The Labute approximate surface area is 157 Å². The van der Waals surface area contributed by atoms with Crippen molar-refractivity contribution in [2.24, 2.45) is 0 Å². The van der Waals surface area contributed by atoms with Gasteiger partial charge in [-0.15, -0.1) is 0 Å². The summed E-state index contributed by atoms with van der Waals surface area (Å²) in [6, 6.07) is 12.2. The summed E-state index contributed by atoms with van der Waals surface area (Å²) in [6.07, 6.45) is 9.37. The highest BCUT2D eigenvalue weighted by molar-refractivity contribution is 5.87. The van der Waals surface area contributed by atoms with E-state index in [0.29, 0.717) is 5.69 Å². The molecule has 0 aliphatic carbocycles. The van der Waals surface area contributed by atoms with Crippen molar-refractivity contribution in [3.8, 4) is 0 Å². The minimum absolute atomic E-state index is 0.232. The van der Waals surface area contributed by atoms with Crippen LogP contribution in [0.3, 0.4) is 0 Å². The number of unbranched alkanes of at least 4 members (excludes halogenated alkanes) is 3. The Morgan fingerprint density at radius 3 is 2.27 bits per heavy atom. The summed E-state index contributed by atoms with van der Waals surface area (Å²) in [5.41, 5.74) is 3.88. The van der Waals surface area contributed by atoms with E-state index in [1.54, 1.807) is 12.3 Å². The molecule has 0 bridgehead atoms. The first kappa shape index (κ1) is 20.2. The van der Waals surface area contributed by atoms with Crippen LogP contribution in [0.1, 0.15) is 86.2 Å². The van der Waals surface area contributed by atoms with Gasteiger partial charge in [0.15, 0.2) is 0 Å². The molecule has 0 aliphatic heterocycles. The molecule has 2 aromatic rings. The van der Waals surface area contributed by atoms with Crippen LogP contribution in [0.5, 0.6) is 0 Å². The fraction of sp³-hybridized carbons (Fsp3) is 0.478. The number of rotatable bonds is 10. The Morgan fingerprint density at radius 2 is 1.69 bits per heavy atom. The lowest BCUT2D eigenvalue weighted by Gasteiger charge is -2.17. The first-order valence-corrected chi connectivity index (χ1v) is 9.92. The normalized spacial score (nSPS) is 12.0. The van der Waals surface area contributed by atoms with Gasteiger partial charge in [-0.25, -0.2) is 9.78 Å². The number of carbonyl (C=O) groups is 1. The molecule has 1 aromatic heterocycles. The minimum Gasteiger partial charge on any atom is -0.453 e. The first-order valence-electron chi connectivity index (χ1n) is 9.92. The molecule has 1 heterocycles. The molecule has 26 heavy (non-hydrogen) atoms. The van der Waals surface area contributed by atoms with Crippen LogP contribution in [0.25, 0.3) is 0 Å². The van der Waals surface area contributed by atoms with E-state index >= 15 is 0 Å². The summed E-state index contributed by atoms with van der Waals surface area (Å²) in [4.78, 5) is 16.6. The predicted molar refractivity (Wildman–Crippen MR) is 106 cm³/mol. The summed E-state index contributed by atoms with van der Waals surface area (Å²) < 4.78 is 5.70. The van der Waals surface area contributed by atoms with Gasteiger partial charge in [-0.05, 0) is 48.4 Å². The molecular weight excluding hydrogens is 322 g/mol. The Hall–Kier alpha value is -2.16. The van der Waals surface area contributed by atoms with Crippen molar-refractivity contribution >= 4 is 5.97 Å². The van der Waals surface area contributed by atoms with Crippen molar-refractivity contribution < 1.29 is 9.53 Å². The molecule has 1 aromatic carbocycles. The van der Waals surface area contributed by atoms with Gasteiger partial charge in [0.05, 0.1) is 0 Å². The number of nitrogens with zero attached hydrogens (tertiary/aromatic N) is 1. The van der Waals surface area contributed by atoms with E-state index in [0.717, 1.165) is 30.4 Å². The van der Waals surface area contributed by atoms with Gasteiger partial charge < -0.3 is 4.74 Å². The van der Waals surface area contributed by atoms with E-state index in [9.17, 15) is 4.79 Å². The predicted octanol–water partition coefficient (Wildman–Crippen LogP) is 6.07. The fourth-order valence-corrected chi connectivity index (χ4v) is 2.99. The molecule has 0 N–H and O–H groups in total. The highest BCUT2D eigenvalue weighted by Gasteiger charge is 2.17. The zero-order valence-corrected chi connectivity index (χ0v) is 16.3. The number of hydrogen-bond acceptors (Lipinski definition) is 3. The van der Waals surface area contributed by atoms with Crippen molar-refractivity contribution in [1.29, 1.82) is 0 Å². The highest BCUT2D eigenvalue weighted by atomic mass is 16.5. The Morgan fingerprint density at radius 1 is 0.962 bits per heavy atom. The second-order valence-corrected chi connectivity index (χ2v) is 6.76. The lowest BCUT2D eigenvalue weighted by atomic mass is 10.0. The Balaban J connectivity index is 1.95. The van der Waals surface area contributed by atoms with Crippen LogP contribution in [-0.4, -0.2) is 11.0 Å². The first-order chi connectivity index (χ1) is 12.7. The van der Waals surface area contributed by atoms with E-state index in [4.69, 9.17) is 4.74 Å². The standard InChI is InChI=1S/C23H31NO2/c1-4-7-8-9-10-19-11-14-20(15-12-19)22(6-3)26-23(25)21-16-13-18(5-2)17-24-21/h11-17,22H,4-10H2,1-3H3. The zero-order valence-electron chi connectivity index (χ0n) is 16.3. The monoisotopic (exact) mass is 353 g/mol. The van der Waals surface area contributed by atoms with Crippen molar-refractivity contribution in [1.82, 2.24) is 4.98 Å². The lowest BCUT2D eigenvalue weighted by molar-refractivity contribution is 0.0281. The van der Waals surface area contributed by atoms with Crippen molar-refractivity contribution in [2.45, 2.75) is 71.8 Å². The molecule has 0 saturated heterocycles. The third-order valence-corrected chi connectivity index (χ3v) is 4.73. The zero-order chi connectivity index (χ0) is 18.8. The molecule has 3 nitrogen and oxygen atoms in total. The maximum absolute atomic E-state index is 12.4. The van der Waals surface area contributed by atoms with Gasteiger partial charge in [0.2, 0.25) is 0 Å². The summed E-state index contributed by atoms with van der Waals surface area (Å²) in [7, 11) is 0. The number of esters is 1. The van der Waals surface area contributed by atoms with Gasteiger partial charge in [0.1, 0.15) is 11.8 Å². The van der Waals surface area contributed by atoms with Gasteiger partial charge in [0.25, 0.3) is 0 Å². The van der Waals surface area contributed by atoms with Crippen LogP contribution < -0.4 is 0 Å². The number of aromatic nitrogens is 1. The quantitative estimate of drug-likeness (QED) is 0.384. The number of ether oxygens (including phenoxy) is 1. The van der Waals surface area contributed by atoms with Gasteiger partial charge in [-0.1, -0.05) is 70.4 Å². The molecule has 140 valence electrons. The maximum atomic E-state index is 12.4. The highest BCUT2D eigenvalue weighted by Crippen LogP contribution is 2.23. The van der Waals surface area contributed by atoms with Crippen LogP contribution in [0, 0.1) is 0 Å². The number of carbonyl (C=O) groups excluding carboxylic acids is 1. The van der Waals surface area contributed by atoms with Crippen molar-refractivity contribution in [3.63, 3.8) is 0 Å². The largest absolute Gasteiger partial charge is 0.453 e. The lowest BCUT2D eigenvalue weighted by Crippen LogP contribution is -2.12. The van der Waals surface area contributed by atoms with Crippen molar-refractivity contribution in [3.05, 3.63) is 65.0 Å². The molecule has 0 fully saturated rings. The van der Waals surface area contributed by atoms with Crippen LogP contribution in [0.2, 0.25) is 0 Å². The Kier molecular flexibility index (Phi) is 8.33. The minimum atomic E-state index is -0.358. The van der Waals surface area contributed by atoms with E-state index < -0.39 is 0 Å². The third kappa shape index (κ3) is 5.98. The molecule has 1 atom stereocenters. The van der Waals surface area contributed by atoms with Crippen LogP contribution in [0.4, 0.5) is 0 Å². The van der Waals surface area contributed by atoms with E-state index in [-0.39, 0.29) is 12.1 Å². The average Bonchev–Trinajstić information content (AvgIpc) is 2.70. The average molecular weight is 354 g/mol. The smallest absolute Gasteiger partial charge is 0.357 e. The van der Waals surface area contributed by atoms with E-state index in [1.165, 1.54) is 31.2 Å². The molecule has 0 aliphatic rings. The molecule has 0 radical (unpaired) electrons. The summed E-state index contributed by atoms with van der Waals surface area (Å²) >= 11 is 0. The van der Waals surface area contributed by atoms with E-state index in [1.807, 2.05) is 13.0 Å². The number of pyridine rings is 1. The molecule has 0 amide bonds. The molecule has 0 spiro atoms. The van der Waals surface area contributed by atoms with Gasteiger partial charge >= 0.3 is 5.97 Å². The summed E-state index contributed by atoms with van der Waals surface area (Å²) in [5, 5.41) is 0. The van der Waals surface area contributed by atoms with Crippen LogP contribution in [-0.2, 0) is 17.6 Å². The fourth-order valence-electron chi connectivity index (χ4n) is 2.99. The summed E-state index contributed by atoms with van der Waals surface area (Å²) in [5.74, 6) is -0.358. The van der Waals surface area contributed by atoms with Crippen molar-refractivity contribution in [2.75, 3.05) is 0 Å². The van der Waals surface area contributed by atoms with Gasteiger partial charge in [-0.2, -0.15) is 0 Å². The molecule has 0 saturated carbocycles. The Bertz CT molecular complexity index is 662. The number of benzene rings is 1. The van der Waals surface area contributed by atoms with Crippen LogP contribution in [0.15, 0.2) is 42.6 Å². The van der Waals surface area contributed by atoms with Gasteiger partial charge in [-0.3, -0.25) is 0 Å². The molecule has 1 unspecified atom stereocenters. The second kappa shape index (κ2) is 10.7. The topological polar surface area (TPSA) is 39.2 Å². The second-order valence-electron chi connectivity index (χ2n) is 6.76. The third-order valence-electron chi connectivity index (χ3n) is 4.73. The van der Waals surface area contributed by atoms with Gasteiger partial charge in [0, 0.05) is 6.20 Å². The van der Waals surface area contributed by atoms with E-state index in [2.05, 4.69) is 43.1 Å².